The number of nitrogens with one attached hydrogen (secondary N) is 1. The minimum Gasteiger partial charge on any atom is -0.360 e. The summed E-state index contributed by atoms with van der Waals surface area (Å²) in [7, 11) is 0. The van der Waals surface area contributed by atoms with Crippen LogP contribution >= 0.6 is 11.3 Å². The van der Waals surface area contributed by atoms with E-state index in [4.69, 9.17) is 0 Å². The largest absolute Gasteiger partial charge is 0.360 e. The van der Waals surface area contributed by atoms with Gasteiger partial charge in [-0.2, -0.15) is 0 Å². The summed E-state index contributed by atoms with van der Waals surface area (Å²) in [6.07, 6.45) is 0. The van der Waals surface area contributed by atoms with E-state index in [1.807, 2.05) is 11.3 Å². The van der Waals surface area contributed by atoms with E-state index in [1.165, 1.54) is 44.0 Å². The van der Waals surface area contributed by atoms with E-state index < -0.39 is 0 Å². The number of piperazine rings is 1. The lowest BCUT2D eigenvalue weighted by molar-refractivity contribution is -0.914. The Hall–Kier alpha value is -1.32. The van der Waals surface area contributed by atoms with Gasteiger partial charge < -0.3 is 9.80 Å². The van der Waals surface area contributed by atoms with E-state index in [-0.39, 0.29) is 0 Å². The molecule has 3 rings (SSSR count). The highest BCUT2D eigenvalue weighted by molar-refractivity contribution is 7.10. The van der Waals surface area contributed by atoms with Crippen LogP contribution < -0.4 is 9.80 Å². The predicted octanol–water partition coefficient (Wildman–Crippen LogP) is 1.96. The summed E-state index contributed by atoms with van der Waals surface area (Å²) in [5, 5.41) is 2.21. The number of hydrogen-bond donors (Lipinski definition) is 1. The third-order valence-electron chi connectivity index (χ3n) is 3.97. The fourth-order valence-corrected chi connectivity index (χ4v) is 3.69. The lowest BCUT2D eigenvalue weighted by atomic mass is 10.2. The molecule has 0 bridgehead atoms. The number of nitrogens with zero attached hydrogens (tertiary/aromatic N) is 1. The minimum atomic E-state index is 1.17. The van der Waals surface area contributed by atoms with Crippen molar-refractivity contribution < 1.29 is 4.90 Å². The molecule has 1 aliphatic heterocycles. The maximum atomic E-state index is 2.50. The van der Waals surface area contributed by atoms with Crippen molar-refractivity contribution in [1.82, 2.24) is 0 Å². The number of thiophene rings is 1. The van der Waals surface area contributed by atoms with E-state index >= 15 is 0 Å². The van der Waals surface area contributed by atoms with Crippen molar-refractivity contribution in [2.45, 2.75) is 13.5 Å². The summed E-state index contributed by atoms with van der Waals surface area (Å²) < 4.78 is 0. The van der Waals surface area contributed by atoms with Gasteiger partial charge in [-0.25, -0.2) is 0 Å². The molecule has 1 saturated heterocycles. The van der Waals surface area contributed by atoms with Gasteiger partial charge in [-0.05, 0) is 36.1 Å². The third-order valence-corrected chi connectivity index (χ3v) is 4.99. The van der Waals surface area contributed by atoms with Crippen LogP contribution in [0.5, 0.6) is 0 Å². The summed E-state index contributed by atoms with van der Waals surface area (Å²) in [5.74, 6) is 0. The first-order chi connectivity index (χ1) is 9.33. The molecule has 0 spiro atoms. The molecule has 0 radical (unpaired) electrons. The van der Waals surface area contributed by atoms with Crippen molar-refractivity contribution in [3.8, 4) is 0 Å². The van der Waals surface area contributed by atoms with E-state index in [1.54, 1.807) is 9.78 Å². The smallest absolute Gasteiger partial charge is 0.112 e. The van der Waals surface area contributed by atoms with Crippen LogP contribution in [0.3, 0.4) is 0 Å². The highest BCUT2D eigenvalue weighted by atomic mass is 32.1. The normalized spacial score (nSPS) is 16.8. The van der Waals surface area contributed by atoms with Crippen LogP contribution in [0.1, 0.15) is 10.4 Å². The van der Waals surface area contributed by atoms with Crippen molar-refractivity contribution >= 4 is 17.0 Å². The average Bonchev–Trinajstić information content (AvgIpc) is 2.86. The van der Waals surface area contributed by atoms with Crippen LogP contribution in [-0.2, 0) is 6.54 Å². The zero-order valence-corrected chi connectivity index (χ0v) is 12.2. The number of benzene rings is 1. The third kappa shape index (κ3) is 2.99. The van der Waals surface area contributed by atoms with E-state index in [0.717, 1.165) is 0 Å². The molecular formula is C16H21N2S+. The van der Waals surface area contributed by atoms with Crippen LogP contribution in [0.4, 0.5) is 5.69 Å². The fourth-order valence-electron chi connectivity index (χ4n) is 2.71. The van der Waals surface area contributed by atoms with Gasteiger partial charge in [-0.3, -0.25) is 0 Å². The Labute approximate surface area is 119 Å². The summed E-state index contributed by atoms with van der Waals surface area (Å²) in [6, 6.07) is 13.0. The quantitative estimate of drug-likeness (QED) is 0.898. The number of anilines is 1. The Kier molecular flexibility index (Phi) is 3.85. The molecule has 1 N–H and O–H groups in total. The van der Waals surface area contributed by atoms with Crippen molar-refractivity contribution in [2.24, 2.45) is 0 Å². The average molecular weight is 273 g/mol. The predicted molar refractivity (Wildman–Crippen MR) is 82.1 cm³/mol. The van der Waals surface area contributed by atoms with Crippen molar-refractivity contribution in [1.29, 1.82) is 0 Å². The zero-order valence-electron chi connectivity index (χ0n) is 11.4. The number of hydrogen-bond acceptors (Lipinski definition) is 2. The van der Waals surface area contributed by atoms with Crippen molar-refractivity contribution in [2.75, 3.05) is 31.1 Å². The molecule has 1 aliphatic rings. The molecule has 1 aromatic carbocycles. The molecule has 19 heavy (non-hydrogen) atoms. The Morgan fingerprint density at radius 3 is 2.47 bits per heavy atom. The van der Waals surface area contributed by atoms with Crippen LogP contribution in [0.2, 0.25) is 0 Å². The van der Waals surface area contributed by atoms with Gasteiger partial charge in [0.2, 0.25) is 0 Å². The first-order valence-electron chi connectivity index (χ1n) is 6.99. The van der Waals surface area contributed by atoms with Gasteiger partial charge in [0, 0.05) is 5.69 Å². The van der Waals surface area contributed by atoms with Gasteiger partial charge in [0.05, 0.1) is 31.1 Å². The highest BCUT2D eigenvalue weighted by Gasteiger charge is 2.20. The first kappa shape index (κ1) is 12.7. The zero-order chi connectivity index (χ0) is 13.1. The summed E-state index contributed by atoms with van der Waals surface area (Å²) in [6.45, 7) is 8.25. The standard InChI is InChI=1S/C16H20N2S/c1-14-7-12-19-16(14)13-17-8-10-18(11-9-17)15-5-3-2-4-6-15/h2-7,12H,8-11,13H2,1H3/p+1. The highest BCUT2D eigenvalue weighted by Crippen LogP contribution is 2.15. The molecular weight excluding hydrogens is 252 g/mol. The number of aryl methyl sites for hydroxylation is 1. The molecule has 3 heteroatoms. The molecule has 2 aromatic rings. The lowest BCUT2D eigenvalue weighted by Crippen LogP contribution is -3.13. The maximum Gasteiger partial charge on any atom is 0.112 e. The Balaban J connectivity index is 1.57. The van der Waals surface area contributed by atoms with Gasteiger partial charge >= 0.3 is 0 Å². The molecule has 2 nitrogen and oxygen atoms in total. The van der Waals surface area contributed by atoms with Gasteiger partial charge in [-0.1, -0.05) is 18.2 Å². The van der Waals surface area contributed by atoms with Gasteiger partial charge in [0.1, 0.15) is 6.54 Å². The Bertz CT molecular complexity index is 513. The Morgan fingerprint density at radius 2 is 1.84 bits per heavy atom. The molecule has 0 unspecified atom stereocenters. The van der Waals surface area contributed by atoms with Crippen LogP contribution in [0.25, 0.3) is 0 Å². The molecule has 0 saturated carbocycles. The van der Waals surface area contributed by atoms with Gasteiger partial charge in [0.25, 0.3) is 0 Å². The van der Waals surface area contributed by atoms with Crippen LogP contribution in [0.15, 0.2) is 41.8 Å². The van der Waals surface area contributed by atoms with Crippen molar-refractivity contribution in [3.63, 3.8) is 0 Å². The molecule has 100 valence electrons. The second kappa shape index (κ2) is 5.76. The fraction of sp³-hybridized carbons (Fsp3) is 0.375. The lowest BCUT2D eigenvalue weighted by Gasteiger charge is -2.33. The molecule has 0 amide bonds. The summed E-state index contributed by atoms with van der Waals surface area (Å²) in [4.78, 5) is 5.78. The monoisotopic (exact) mass is 273 g/mol. The minimum absolute atomic E-state index is 1.17. The van der Waals surface area contributed by atoms with E-state index in [0.29, 0.717) is 0 Å². The van der Waals surface area contributed by atoms with Gasteiger partial charge in [0.15, 0.2) is 0 Å². The molecule has 0 atom stereocenters. The second-order valence-corrected chi connectivity index (χ2v) is 6.28. The van der Waals surface area contributed by atoms with E-state index in [9.17, 15) is 0 Å². The molecule has 0 aliphatic carbocycles. The summed E-state index contributed by atoms with van der Waals surface area (Å²) >= 11 is 1.91. The molecule has 1 aromatic heterocycles. The second-order valence-electron chi connectivity index (χ2n) is 5.28. The van der Waals surface area contributed by atoms with Gasteiger partial charge in [-0.15, -0.1) is 11.3 Å². The topological polar surface area (TPSA) is 7.68 Å². The molecule has 1 fully saturated rings. The number of quaternary nitrogens is 1. The van der Waals surface area contributed by atoms with Crippen LogP contribution in [0, 0.1) is 6.92 Å². The summed E-state index contributed by atoms with van der Waals surface area (Å²) in [5.41, 5.74) is 2.83. The van der Waals surface area contributed by atoms with Crippen molar-refractivity contribution in [3.05, 3.63) is 52.2 Å². The van der Waals surface area contributed by atoms with Crippen LogP contribution in [-0.4, -0.2) is 26.2 Å². The first-order valence-corrected chi connectivity index (χ1v) is 7.87. The number of rotatable bonds is 3. The molecule has 2 heterocycles. The Morgan fingerprint density at radius 1 is 1.11 bits per heavy atom. The number of para-hydroxylation sites is 1. The SMILES string of the molecule is Cc1ccsc1C[NH+]1CCN(c2ccccc2)CC1. The van der Waals surface area contributed by atoms with E-state index in [2.05, 4.69) is 53.6 Å². The maximum absolute atomic E-state index is 2.50.